The maximum Gasteiger partial charge on any atom is 0.225 e. The average molecular weight is 199 g/mol. The molecule has 0 saturated heterocycles. The minimum Gasteiger partial charge on any atom is -0.392 e. The maximum absolute atomic E-state index is 11.5. The van der Waals surface area contributed by atoms with Gasteiger partial charge in [0.15, 0.2) is 0 Å². The van der Waals surface area contributed by atoms with Gasteiger partial charge in [0.2, 0.25) is 5.91 Å². The van der Waals surface area contributed by atoms with Crippen molar-refractivity contribution in [1.82, 2.24) is 5.32 Å². The molecule has 0 radical (unpaired) electrons. The molecule has 2 atom stereocenters. The summed E-state index contributed by atoms with van der Waals surface area (Å²) in [6.07, 6.45) is 1.54. The third-order valence-electron chi connectivity index (χ3n) is 2.20. The fraction of sp³-hybridized carbons (Fsp3) is 0.727. The molecular weight excluding hydrogens is 178 g/mol. The summed E-state index contributed by atoms with van der Waals surface area (Å²) in [6, 6.07) is 0. The smallest absolute Gasteiger partial charge is 0.225 e. The highest BCUT2D eigenvalue weighted by Gasteiger charge is 2.24. The molecule has 0 aromatic heterocycles. The van der Waals surface area contributed by atoms with Gasteiger partial charge in [-0.15, -0.1) is 6.58 Å². The minimum atomic E-state index is -0.559. The van der Waals surface area contributed by atoms with Crippen molar-refractivity contribution >= 4 is 5.91 Å². The molecule has 0 rings (SSSR count). The van der Waals surface area contributed by atoms with Crippen molar-refractivity contribution < 1.29 is 9.90 Å². The van der Waals surface area contributed by atoms with Gasteiger partial charge in [0.05, 0.1) is 12.0 Å². The zero-order valence-electron chi connectivity index (χ0n) is 9.34. The third kappa shape index (κ3) is 4.42. The van der Waals surface area contributed by atoms with Crippen molar-refractivity contribution in [2.75, 3.05) is 7.05 Å². The van der Waals surface area contributed by atoms with Crippen LogP contribution in [0.3, 0.4) is 0 Å². The molecule has 1 amide bonds. The van der Waals surface area contributed by atoms with E-state index in [1.54, 1.807) is 7.05 Å². The van der Waals surface area contributed by atoms with Crippen LogP contribution in [0.1, 0.15) is 33.1 Å². The van der Waals surface area contributed by atoms with Crippen LogP contribution in [-0.2, 0) is 4.79 Å². The second kappa shape index (κ2) is 6.60. The standard InChI is InChI=1S/C11H21NO2/c1-5-6-10(13)9(7-8(2)3)11(14)12-4/h9-10,13H,2,5-7H2,1,3-4H3,(H,12,14). The molecule has 0 fully saturated rings. The normalized spacial score (nSPS) is 14.6. The quantitative estimate of drug-likeness (QED) is 0.636. The van der Waals surface area contributed by atoms with Gasteiger partial charge in [-0.3, -0.25) is 4.79 Å². The molecule has 2 unspecified atom stereocenters. The highest BCUT2D eigenvalue weighted by Crippen LogP contribution is 2.17. The maximum atomic E-state index is 11.5. The summed E-state index contributed by atoms with van der Waals surface area (Å²) in [5, 5.41) is 12.3. The number of hydrogen-bond acceptors (Lipinski definition) is 2. The van der Waals surface area contributed by atoms with Crippen molar-refractivity contribution in [2.45, 2.75) is 39.2 Å². The Balaban J connectivity index is 4.37. The molecule has 82 valence electrons. The topological polar surface area (TPSA) is 49.3 Å². The first-order chi connectivity index (χ1) is 6.52. The van der Waals surface area contributed by atoms with Crippen LogP contribution in [0.5, 0.6) is 0 Å². The molecule has 0 bridgehead atoms. The number of rotatable bonds is 6. The highest BCUT2D eigenvalue weighted by molar-refractivity contribution is 5.79. The number of carbonyl (C=O) groups is 1. The summed E-state index contributed by atoms with van der Waals surface area (Å²) < 4.78 is 0. The van der Waals surface area contributed by atoms with Gasteiger partial charge in [-0.05, 0) is 19.8 Å². The van der Waals surface area contributed by atoms with Gasteiger partial charge in [0, 0.05) is 7.05 Å². The number of amides is 1. The SMILES string of the molecule is C=C(C)CC(C(=O)NC)C(O)CCC. The molecule has 0 aromatic rings. The summed E-state index contributed by atoms with van der Waals surface area (Å²) in [4.78, 5) is 11.5. The van der Waals surface area contributed by atoms with E-state index in [0.29, 0.717) is 12.8 Å². The first-order valence-electron chi connectivity index (χ1n) is 5.07. The number of aliphatic hydroxyl groups excluding tert-OH is 1. The van der Waals surface area contributed by atoms with Crippen LogP contribution in [0.25, 0.3) is 0 Å². The van der Waals surface area contributed by atoms with E-state index in [4.69, 9.17) is 0 Å². The summed E-state index contributed by atoms with van der Waals surface area (Å²) >= 11 is 0. The van der Waals surface area contributed by atoms with E-state index in [2.05, 4.69) is 11.9 Å². The first-order valence-corrected chi connectivity index (χ1v) is 5.07. The minimum absolute atomic E-state index is 0.103. The Morgan fingerprint density at radius 2 is 2.14 bits per heavy atom. The second-order valence-electron chi connectivity index (χ2n) is 3.74. The van der Waals surface area contributed by atoms with Gasteiger partial charge in [-0.25, -0.2) is 0 Å². The largest absolute Gasteiger partial charge is 0.392 e. The van der Waals surface area contributed by atoms with Gasteiger partial charge < -0.3 is 10.4 Å². The first kappa shape index (κ1) is 13.2. The van der Waals surface area contributed by atoms with E-state index < -0.39 is 6.10 Å². The summed E-state index contributed by atoms with van der Waals surface area (Å²) in [7, 11) is 1.59. The lowest BCUT2D eigenvalue weighted by atomic mass is 9.91. The molecule has 0 aliphatic heterocycles. The molecule has 2 N–H and O–H groups in total. The summed E-state index contributed by atoms with van der Waals surface area (Å²) in [5.41, 5.74) is 0.925. The van der Waals surface area contributed by atoms with E-state index in [-0.39, 0.29) is 11.8 Å². The van der Waals surface area contributed by atoms with Crippen molar-refractivity contribution in [3.8, 4) is 0 Å². The van der Waals surface area contributed by atoms with Gasteiger partial charge >= 0.3 is 0 Å². The molecular formula is C11H21NO2. The number of hydrogen-bond donors (Lipinski definition) is 2. The molecule has 3 nitrogen and oxygen atoms in total. The molecule has 0 aliphatic rings. The van der Waals surface area contributed by atoms with Crippen LogP contribution in [0.15, 0.2) is 12.2 Å². The third-order valence-corrected chi connectivity index (χ3v) is 2.20. The van der Waals surface area contributed by atoms with Gasteiger partial charge in [-0.1, -0.05) is 18.9 Å². The van der Waals surface area contributed by atoms with Crippen LogP contribution >= 0.6 is 0 Å². The Labute approximate surface area is 86.2 Å². The predicted octanol–water partition coefficient (Wildman–Crippen LogP) is 1.48. The van der Waals surface area contributed by atoms with Gasteiger partial charge in [0.25, 0.3) is 0 Å². The molecule has 0 aromatic carbocycles. The lowest BCUT2D eigenvalue weighted by Crippen LogP contribution is -2.35. The van der Waals surface area contributed by atoms with E-state index in [1.807, 2.05) is 13.8 Å². The Morgan fingerprint density at radius 1 is 1.57 bits per heavy atom. The molecule has 3 heteroatoms. The molecule has 0 aliphatic carbocycles. The lowest BCUT2D eigenvalue weighted by molar-refractivity contribution is -0.128. The zero-order valence-corrected chi connectivity index (χ0v) is 9.34. The molecule has 0 heterocycles. The zero-order chi connectivity index (χ0) is 11.1. The summed E-state index contributed by atoms with van der Waals surface area (Å²) in [5.74, 6) is -0.452. The van der Waals surface area contributed by atoms with Crippen molar-refractivity contribution in [3.63, 3.8) is 0 Å². The number of nitrogens with one attached hydrogen (secondary N) is 1. The van der Waals surface area contributed by atoms with E-state index in [1.165, 1.54) is 0 Å². The second-order valence-corrected chi connectivity index (χ2v) is 3.74. The fourth-order valence-corrected chi connectivity index (χ4v) is 1.46. The molecule has 0 spiro atoms. The van der Waals surface area contributed by atoms with Crippen molar-refractivity contribution in [1.29, 1.82) is 0 Å². The molecule has 14 heavy (non-hydrogen) atoms. The highest BCUT2D eigenvalue weighted by atomic mass is 16.3. The number of aliphatic hydroxyl groups is 1. The Kier molecular flexibility index (Phi) is 6.21. The monoisotopic (exact) mass is 199 g/mol. The van der Waals surface area contributed by atoms with Gasteiger partial charge in [-0.2, -0.15) is 0 Å². The predicted molar refractivity (Wildman–Crippen MR) is 57.9 cm³/mol. The number of allylic oxidation sites excluding steroid dienone is 1. The Morgan fingerprint density at radius 3 is 2.50 bits per heavy atom. The van der Waals surface area contributed by atoms with Crippen LogP contribution < -0.4 is 5.32 Å². The van der Waals surface area contributed by atoms with Crippen LogP contribution in [0, 0.1) is 5.92 Å². The van der Waals surface area contributed by atoms with E-state index >= 15 is 0 Å². The average Bonchev–Trinajstić information content (AvgIpc) is 2.13. The Hall–Kier alpha value is -0.830. The number of carbonyl (C=O) groups excluding carboxylic acids is 1. The van der Waals surface area contributed by atoms with Crippen molar-refractivity contribution in [3.05, 3.63) is 12.2 Å². The van der Waals surface area contributed by atoms with Crippen LogP contribution in [0.2, 0.25) is 0 Å². The van der Waals surface area contributed by atoms with Gasteiger partial charge in [0.1, 0.15) is 0 Å². The molecule has 0 saturated carbocycles. The van der Waals surface area contributed by atoms with Crippen molar-refractivity contribution in [2.24, 2.45) is 5.92 Å². The summed E-state index contributed by atoms with van der Waals surface area (Å²) in [6.45, 7) is 7.62. The van der Waals surface area contributed by atoms with E-state index in [0.717, 1.165) is 12.0 Å². The van der Waals surface area contributed by atoms with Crippen LogP contribution in [0.4, 0.5) is 0 Å². The van der Waals surface area contributed by atoms with Crippen LogP contribution in [-0.4, -0.2) is 24.2 Å². The Bertz CT molecular complexity index is 201. The fourth-order valence-electron chi connectivity index (χ4n) is 1.46. The lowest BCUT2D eigenvalue weighted by Gasteiger charge is -2.21. The van der Waals surface area contributed by atoms with E-state index in [9.17, 15) is 9.90 Å².